The Bertz CT molecular complexity index is 556. The van der Waals surface area contributed by atoms with Gasteiger partial charge in [-0.05, 0) is 73.4 Å². The number of hydrogen-bond acceptors (Lipinski definition) is 1. The van der Waals surface area contributed by atoms with E-state index in [0.29, 0.717) is 0 Å². The van der Waals surface area contributed by atoms with E-state index in [4.69, 9.17) is 17.0 Å². The molecule has 5 fully saturated rings. The molecule has 180 valence electrons. The first-order chi connectivity index (χ1) is 13.9. The maximum absolute atomic E-state index is 4.93. The van der Waals surface area contributed by atoms with Gasteiger partial charge in [-0.15, -0.1) is 0 Å². The summed E-state index contributed by atoms with van der Waals surface area (Å²) in [6, 6.07) is 1.92. The molecule has 0 aromatic carbocycles. The zero-order chi connectivity index (χ0) is 20.8. The van der Waals surface area contributed by atoms with Crippen molar-refractivity contribution in [3.63, 3.8) is 0 Å². The first-order valence-electron chi connectivity index (χ1n) is 12.6. The number of rotatable bonds is 2. The summed E-state index contributed by atoms with van der Waals surface area (Å²) in [6.45, 7) is 8.28. The Kier molecular flexibility index (Phi) is 11.2. The van der Waals surface area contributed by atoms with Gasteiger partial charge in [-0.25, -0.2) is 0 Å². The van der Waals surface area contributed by atoms with Gasteiger partial charge in [0.25, 0.3) is 0 Å². The van der Waals surface area contributed by atoms with Crippen LogP contribution in [0.1, 0.15) is 77.6 Å². The number of likely N-dealkylation sites (tertiary alicyclic amines) is 1. The van der Waals surface area contributed by atoms with Gasteiger partial charge in [-0.2, -0.15) is 0 Å². The Morgan fingerprint density at radius 3 is 1.97 bits per heavy atom. The van der Waals surface area contributed by atoms with E-state index in [2.05, 4.69) is 32.0 Å². The van der Waals surface area contributed by atoms with E-state index >= 15 is 0 Å². The fraction of sp³-hybridized carbons (Fsp3) is 0.923. The van der Waals surface area contributed by atoms with E-state index < -0.39 is 28.9 Å². The van der Waals surface area contributed by atoms with Crippen LogP contribution in [-0.2, 0) is 20.8 Å². The van der Waals surface area contributed by atoms with Gasteiger partial charge in [-0.1, -0.05) is 65.0 Å². The van der Waals surface area contributed by atoms with Crippen molar-refractivity contribution in [1.29, 1.82) is 0 Å². The van der Waals surface area contributed by atoms with Crippen molar-refractivity contribution in [3.8, 4) is 0 Å². The Morgan fingerprint density at radius 2 is 1.35 bits per heavy atom. The average molecular weight is 566 g/mol. The summed E-state index contributed by atoms with van der Waals surface area (Å²) in [6.07, 6.45) is 17.0. The summed E-state index contributed by atoms with van der Waals surface area (Å²) in [7, 11) is 11.2. The minimum atomic E-state index is -1.19. The fourth-order valence-corrected chi connectivity index (χ4v) is 14.9. The molecule has 0 radical (unpaired) electrons. The summed E-state index contributed by atoms with van der Waals surface area (Å²) in [5, 5.41) is 0. The van der Waals surface area contributed by atoms with Crippen LogP contribution in [0.5, 0.6) is 0 Å². The van der Waals surface area contributed by atoms with Crippen molar-refractivity contribution in [1.82, 2.24) is 4.90 Å². The molecule has 5 aliphatic rings. The fourth-order valence-electron chi connectivity index (χ4n) is 9.47. The van der Waals surface area contributed by atoms with Crippen LogP contribution in [-0.4, -0.2) is 32.1 Å². The molecule has 8 atom stereocenters. The molecule has 0 bridgehead atoms. The molecule has 31 heavy (non-hydrogen) atoms. The number of fused-ring (bicyclic) bond motifs is 5. The van der Waals surface area contributed by atoms with Crippen molar-refractivity contribution in [2.75, 3.05) is 7.05 Å². The molecule has 5 rings (SSSR count). The normalized spacial score (nSPS) is 42.1. The molecule has 0 amide bonds. The molecule has 1 heterocycles. The second kappa shape index (κ2) is 12.1. The van der Waals surface area contributed by atoms with Crippen LogP contribution in [0.15, 0.2) is 0 Å². The summed E-state index contributed by atoms with van der Waals surface area (Å²) in [4.78, 5) is 2.98. The third-order valence-corrected chi connectivity index (χ3v) is 15.7. The quantitative estimate of drug-likeness (QED) is 0.239. The molecule has 1 nitrogen and oxygen atoms in total. The zero-order valence-corrected chi connectivity index (χ0v) is 26.1. The second-order valence-corrected chi connectivity index (χ2v) is 20.8. The average Bonchev–Trinajstić information content (AvgIpc) is 3.39. The molecule has 1 saturated heterocycles. The molecular formula is C26H49Cl2NSiZr. The molecule has 4 aliphatic carbocycles. The predicted octanol–water partition coefficient (Wildman–Crippen LogP) is 8.84. The molecule has 0 spiro atoms. The topological polar surface area (TPSA) is 3.24 Å². The Hall–Kier alpha value is 1.64. The van der Waals surface area contributed by atoms with Crippen LogP contribution in [0, 0.1) is 44.4 Å². The van der Waals surface area contributed by atoms with Crippen molar-refractivity contribution in [2.45, 2.75) is 114 Å². The molecule has 0 N–H and O–H groups in total. The van der Waals surface area contributed by atoms with Crippen LogP contribution in [0.3, 0.4) is 0 Å². The van der Waals surface area contributed by atoms with Gasteiger partial charge in [0.15, 0.2) is 0 Å². The summed E-state index contributed by atoms with van der Waals surface area (Å²) >= 11 is -0.826. The van der Waals surface area contributed by atoms with Gasteiger partial charge in [0.05, 0.1) is 8.07 Å². The van der Waals surface area contributed by atoms with Crippen molar-refractivity contribution in [3.05, 3.63) is 14.9 Å². The second-order valence-electron chi connectivity index (χ2n) is 11.9. The van der Waals surface area contributed by atoms with Gasteiger partial charge < -0.3 is 14.9 Å². The summed E-state index contributed by atoms with van der Waals surface area (Å²) < 4.78 is 0. The van der Waals surface area contributed by atoms with E-state index in [9.17, 15) is 0 Å². The van der Waals surface area contributed by atoms with Crippen molar-refractivity contribution in [2.24, 2.45) is 29.6 Å². The number of halogens is 2. The van der Waals surface area contributed by atoms with Crippen LogP contribution in [0.25, 0.3) is 0 Å². The summed E-state index contributed by atoms with van der Waals surface area (Å²) in [5.41, 5.74) is 2.31. The molecule has 1 aliphatic heterocycles. The predicted molar refractivity (Wildman–Crippen MR) is 139 cm³/mol. The van der Waals surface area contributed by atoms with Crippen LogP contribution in [0.2, 0.25) is 24.2 Å². The zero-order valence-electron chi connectivity index (χ0n) is 21.2. The molecule has 0 aromatic heterocycles. The van der Waals surface area contributed by atoms with Crippen molar-refractivity contribution < 1.29 is 20.8 Å². The van der Waals surface area contributed by atoms with Gasteiger partial charge in [-0.3, -0.25) is 4.90 Å². The minimum absolute atomic E-state index is 0. The maximum atomic E-state index is 4.93. The first-order valence-corrected chi connectivity index (χ1v) is 22.1. The van der Waals surface area contributed by atoms with E-state index in [1.165, 1.54) is 19.3 Å². The van der Waals surface area contributed by atoms with Gasteiger partial charge in [0.1, 0.15) is 0 Å². The SMILES string of the molecule is CC1CCC2C(C1)C1C(C3CCCCC3C1[Si](C)(C)C1CCCC1)N2C.[CH3-].[CH3-].[Cl][Zr+2][Cl]. The summed E-state index contributed by atoms with van der Waals surface area (Å²) in [5.74, 6) is 5.31. The van der Waals surface area contributed by atoms with Gasteiger partial charge in [0.2, 0.25) is 0 Å². The van der Waals surface area contributed by atoms with E-state index in [0.717, 1.165) is 52.8 Å². The monoisotopic (exact) mass is 563 g/mol. The van der Waals surface area contributed by atoms with E-state index in [1.54, 1.807) is 51.4 Å². The molecule has 4 saturated carbocycles. The van der Waals surface area contributed by atoms with E-state index in [1.807, 2.05) is 0 Å². The van der Waals surface area contributed by atoms with E-state index in [-0.39, 0.29) is 14.9 Å². The van der Waals surface area contributed by atoms with Crippen molar-refractivity contribution >= 4 is 25.1 Å². The third-order valence-electron chi connectivity index (χ3n) is 10.5. The molecule has 0 aromatic rings. The van der Waals surface area contributed by atoms with Gasteiger partial charge >= 0.3 is 37.9 Å². The van der Waals surface area contributed by atoms with Gasteiger partial charge in [0, 0.05) is 12.1 Å². The molecule has 5 heteroatoms. The Morgan fingerprint density at radius 1 is 0.806 bits per heavy atom. The van der Waals surface area contributed by atoms with Crippen LogP contribution in [0.4, 0.5) is 0 Å². The standard InChI is InChI=1S/C24H43NSi.2CH3.2ClH.Zr/c1-16-13-14-21-20(15-16)22-23(25(21)2)18-11-7-8-12-19(18)24(22)26(3,4)17-9-5-6-10-17;;;;;/h16-24H,5-15H2,1-4H3;2*1H3;2*1H;/q;2*-1;;;+4/p-2. The first kappa shape index (κ1) is 28.9. The molecule has 8 unspecified atom stereocenters. The third kappa shape index (κ3) is 5.27. The Labute approximate surface area is 214 Å². The van der Waals surface area contributed by atoms with Crippen LogP contribution >= 0.6 is 17.0 Å². The Balaban J connectivity index is 0.000000648. The number of hydrogen-bond donors (Lipinski definition) is 0. The molecular weight excluding hydrogens is 517 g/mol. The van der Waals surface area contributed by atoms with Crippen LogP contribution < -0.4 is 0 Å². The number of nitrogens with zero attached hydrogens (tertiary/aromatic N) is 1.